The zero-order chi connectivity index (χ0) is 23.2. The van der Waals surface area contributed by atoms with Crippen molar-refractivity contribution in [3.05, 3.63) is 70.9 Å². The molecule has 1 saturated heterocycles. The molecule has 8 heteroatoms. The average Bonchev–Trinajstić information content (AvgIpc) is 3.29. The van der Waals surface area contributed by atoms with Gasteiger partial charge in [-0.05, 0) is 44.0 Å². The van der Waals surface area contributed by atoms with Crippen LogP contribution in [0, 0.1) is 19.7 Å². The Balaban J connectivity index is 1.16. The van der Waals surface area contributed by atoms with Crippen LogP contribution in [-0.2, 0) is 13.0 Å². The average molecular weight is 452 g/mol. The van der Waals surface area contributed by atoms with Crippen molar-refractivity contribution in [3.63, 3.8) is 0 Å². The van der Waals surface area contributed by atoms with Gasteiger partial charge >= 0.3 is 6.03 Å². The molecule has 1 N–H and O–H groups in total. The highest BCUT2D eigenvalue weighted by Crippen LogP contribution is 2.17. The summed E-state index contributed by atoms with van der Waals surface area (Å²) in [7, 11) is 0. The Kier molecular flexibility index (Phi) is 7.34. The van der Waals surface area contributed by atoms with Crippen molar-refractivity contribution in [2.24, 2.45) is 0 Å². The quantitative estimate of drug-likeness (QED) is 0.589. The van der Waals surface area contributed by atoms with Crippen LogP contribution in [0.3, 0.4) is 0 Å². The summed E-state index contributed by atoms with van der Waals surface area (Å²) in [6.45, 7) is 8.01. The van der Waals surface area contributed by atoms with E-state index in [4.69, 9.17) is 4.52 Å². The summed E-state index contributed by atoms with van der Waals surface area (Å²) in [5.41, 5.74) is 3.52. The zero-order valence-electron chi connectivity index (χ0n) is 19.2. The van der Waals surface area contributed by atoms with Crippen LogP contribution in [0.25, 0.3) is 11.4 Å². The molecule has 1 aliphatic rings. The van der Waals surface area contributed by atoms with Crippen molar-refractivity contribution in [2.45, 2.75) is 33.2 Å². The third kappa shape index (κ3) is 6.16. The molecule has 1 aliphatic heterocycles. The van der Waals surface area contributed by atoms with Crippen LogP contribution in [-0.4, -0.2) is 58.7 Å². The van der Waals surface area contributed by atoms with E-state index >= 15 is 0 Å². The van der Waals surface area contributed by atoms with Crippen molar-refractivity contribution in [1.82, 2.24) is 25.3 Å². The molecular weight excluding hydrogens is 421 g/mol. The largest absolute Gasteiger partial charge is 0.339 e. The van der Waals surface area contributed by atoms with Crippen molar-refractivity contribution in [1.29, 1.82) is 0 Å². The number of aromatic nitrogens is 2. The van der Waals surface area contributed by atoms with Gasteiger partial charge in [0.2, 0.25) is 11.7 Å². The lowest BCUT2D eigenvalue weighted by Crippen LogP contribution is -2.51. The van der Waals surface area contributed by atoms with E-state index < -0.39 is 0 Å². The van der Waals surface area contributed by atoms with Gasteiger partial charge in [-0.25, -0.2) is 9.18 Å². The Labute approximate surface area is 193 Å². The van der Waals surface area contributed by atoms with E-state index in [-0.39, 0.29) is 11.8 Å². The number of piperazine rings is 1. The molecule has 0 atom stereocenters. The Hall–Kier alpha value is -3.26. The lowest BCUT2D eigenvalue weighted by atomic mass is 10.1. The molecule has 174 valence electrons. The number of amides is 2. The second-order valence-electron chi connectivity index (χ2n) is 8.55. The first-order valence-electron chi connectivity index (χ1n) is 11.4. The smallest absolute Gasteiger partial charge is 0.317 e. The van der Waals surface area contributed by atoms with Gasteiger partial charge in [0.05, 0.1) is 0 Å². The number of hydrogen-bond acceptors (Lipinski definition) is 5. The monoisotopic (exact) mass is 451 g/mol. The summed E-state index contributed by atoms with van der Waals surface area (Å²) in [6.07, 6.45) is 1.65. The number of nitrogens with zero attached hydrogens (tertiary/aromatic N) is 4. The summed E-state index contributed by atoms with van der Waals surface area (Å²) < 4.78 is 19.1. The number of benzene rings is 2. The minimum absolute atomic E-state index is 0.106. The van der Waals surface area contributed by atoms with Gasteiger partial charge in [-0.3, -0.25) is 4.90 Å². The fourth-order valence-electron chi connectivity index (χ4n) is 3.84. The van der Waals surface area contributed by atoms with E-state index in [1.807, 2.05) is 42.2 Å². The Morgan fingerprint density at radius 2 is 1.85 bits per heavy atom. The van der Waals surface area contributed by atoms with Crippen LogP contribution in [0.4, 0.5) is 9.18 Å². The second-order valence-corrected chi connectivity index (χ2v) is 8.55. The molecular formula is C25H30FN5O2. The minimum atomic E-state index is -0.248. The molecule has 2 amide bonds. The maximum absolute atomic E-state index is 13.7. The van der Waals surface area contributed by atoms with Gasteiger partial charge in [0.15, 0.2) is 0 Å². The lowest BCUT2D eigenvalue weighted by Gasteiger charge is -2.34. The fraction of sp³-hybridized carbons (Fsp3) is 0.400. The number of rotatable bonds is 7. The molecule has 33 heavy (non-hydrogen) atoms. The summed E-state index contributed by atoms with van der Waals surface area (Å²) in [6, 6.07) is 13.0. The van der Waals surface area contributed by atoms with E-state index in [0.29, 0.717) is 36.9 Å². The number of nitrogens with one attached hydrogen (secondary N) is 1. The van der Waals surface area contributed by atoms with Crippen LogP contribution >= 0.6 is 0 Å². The van der Waals surface area contributed by atoms with E-state index in [2.05, 4.69) is 20.4 Å². The third-order valence-electron chi connectivity index (χ3n) is 5.98. The first-order chi connectivity index (χ1) is 16.0. The number of hydrogen-bond donors (Lipinski definition) is 1. The van der Waals surface area contributed by atoms with Gasteiger partial charge in [0.25, 0.3) is 0 Å². The topological polar surface area (TPSA) is 74.5 Å². The van der Waals surface area contributed by atoms with Crippen LogP contribution < -0.4 is 5.32 Å². The number of halogens is 1. The first kappa shape index (κ1) is 22.9. The molecule has 2 heterocycles. The van der Waals surface area contributed by atoms with Crippen LogP contribution in [0.15, 0.2) is 47.0 Å². The SMILES string of the molecule is Cc1ccc(-c2noc(CCCN3CCN(C(=O)NCc4ccc(C)c(F)c4)CC3)n2)cc1. The lowest BCUT2D eigenvalue weighted by molar-refractivity contribution is 0.138. The maximum Gasteiger partial charge on any atom is 0.317 e. The molecule has 1 aromatic heterocycles. The molecule has 3 aromatic rings. The third-order valence-corrected chi connectivity index (χ3v) is 5.98. The number of aryl methyl sites for hydroxylation is 3. The van der Waals surface area contributed by atoms with E-state index in [0.717, 1.165) is 43.6 Å². The first-order valence-corrected chi connectivity index (χ1v) is 11.4. The molecule has 0 radical (unpaired) electrons. The molecule has 7 nitrogen and oxygen atoms in total. The molecule has 4 rings (SSSR count). The standard InChI is InChI=1S/C25H30FN5O2/c1-18-5-9-21(10-6-18)24-28-23(33-29-24)4-3-11-30-12-14-31(15-13-30)25(32)27-17-20-8-7-19(2)22(26)16-20/h5-10,16H,3-4,11-15,17H2,1-2H3,(H,27,32). The zero-order valence-corrected chi connectivity index (χ0v) is 19.2. The van der Waals surface area contributed by atoms with Crippen LogP contribution in [0.2, 0.25) is 0 Å². The highest BCUT2D eigenvalue weighted by atomic mass is 19.1. The number of urea groups is 1. The molecule has 1 fully saturated rings. The highest BCUT2D eigenvalue weighted by molar-refractivity contribution is 5.74. The van der Waals surface area contributed by atoms with Crippen molar-refractivity contribution >= 4 is 6.03 Å². The predicted molar refractivity (Wildman–Crippen MR) is 124 cm³/mol. The molecule has 2 aromatic carbocycles. The van der Waals surface area contributed by atoms with E-state index in [1.165, 1.54) is 11.6 Å². The number of carbonyl (C=O) groups excluding carboxylic acids is 1. The van der Waals surface area contributed by atoms with Crippen molar-refractivity contribution in [2.75, 3.05) is 32.7 Å². The van der Waals surface area contributed by atoms with Crippen LogP contribution in [0.5, 0.6) is 0 Å². The van der Waals surface area contributed by atoms with Gasteiger partial charge in [-0.15, -0.1) is 0 Å². The van der Waals surface area contributed by atoms with E-state index in [9.17, 15) is 9.18 Å². The maximum atomic E-state index is 13.7. The second kappa shape index (κ2) is 10.6. The summed E-state index contributed by atoms with van der Waals surface area (Å²) in [5.74, 6) is 1.02. The summed E-state index contributed by atoms with van der Waals surface area (Å²) in [4.78, 5) is 21.1. The van der Waals surface area contributed by atoms with Gasteiger partial charge in [0.1, 0.15) is 5.82 Å². The Morgan fingerprint density at radius 3 is 2.58 bits per heavy atom. The van der Waals surface area contributed by atoms with Gasteiger partial charge in [-0.1, -0.05) is 47.1 Å². The normalized spacial score (nSPS) is 14.5. The molecule has 0 unspecified atom stereocenters. The van der Waals surface area contributed by atoms with Crippen LogP contribution in [0.1, 0.15) is 29.0 Å². The van der Waals surface area contributed by atoms with Gasteiger partial charge < -0.3 is 14.7 Å². The van der Waals surface area contributed by atoms with Crippen molar-refractivity contribution in [3.8, 4) is 11.4 Å². The molecule has 0 saturated carbocycles. The highest BCUT2D eigenvalue weighted by Gasteiger charge is 2.21. The molecule has 0 spiro atoms. The Morgan fingerprint density at radius 1 is 1.09 bits per heavy atom. The fourth-order valence-corrected chi connectivity index (χ4v) is 3.84. The van der Waals surface area contributed by atoms with Crippen molar-refractivity contribution < 1.29 is 13.7 Å². The van der Waals surface area contributed by atoms with Gasteiger partial charge in [0, 0.05) is 44.7 Å². The predicted octanol–water partition coefficient (Wildman–Crippen LogP) is 3.95. The summed E-state index contributed by atoms with van der Waals surface area (Å²) in [5, 5.41) is 6.98. The summed E-state index contributed by atoms with van der Waals surface area (Å²) >= 11 is 0. The molecule has 0 bridgehead atoms. The molecule has 0 aliphatic carbocycles. The van der Waals surface area contributed by atoms with Gasteiger partial charge in [-0.2, -0.15) is 4.98 Å². The minimum Gasteiger partial charge on any atom is -0.339 e. The number of carbonyl (C=O) groups is 1. The van der Waals surface area contributed by atoms with E-state index in [1.54, 1.807) is 13.0 Å². The Bertz CT molecular complexity index is 1070.